The molecule has 0 aromatic heterocycles. The number of nitrogen functional groups attached to an aromatic ring is 1. The number of anilines is 1. The molecule has 0 amide bonds. The number of nitrogens with two attached hydrogens (primary N) is 1. The molecule has 0 saturated heterocycles. The number of sulfone groups is 1. The summed E-state index contributed by atoms with van der Waals surface area (Å²) in [6.45, 7) is 0. The Morgan fingerprint density at radius 2 is 2.05 bits per heavy atom. The van der Waals surface area contributed by atoms with Gasteiger partial charge in [0.2, 0.25) is 10.0 Å². The number of sulfonamides is 1. The van der Waals surface area contributed by atoms with E-state index in [9.17, 15) is 16.8 Å². The summed E-state index contributed by atoms with van der Waals surface area (Å²) in [6, 6.07) is 3.46. The molecule has 1 atom stereocenters. The molecule has 9 heteroatoms. The van der Waals surface area contributed by atoms with Crippen molar-refractivity contribution in [2.75, 3.05) is 11.5 Å². The van der Waals surface area contributed by atoms with Gasteiger partial charge in [-0.25, -0.2) is 21.6 Å². The third-order valence-corrected chi connectivity index (χ3v) is 6.12. The van der Waals surface area contributed by atoms with E-state index < -0.39 is 25.9 Å². The molecule has 0 bridgehead atoms. The van der Waals surface area contributed by atoms with Crippen molar-refractivity contribution in [1.82, 2.24) is 4.72 Å². The molecule has 3 N–H and O–H groups in total. The monoisotopic (exact) mass is 366 g/mol. The smallest absolute Gasteiger partial charge is 0.241 e. The highest BCUT2D eigenvalue weighted by atomic mass is 79.9. The van der Waals surface area contributed by atoms with Crippen molar-refractivity contribution in [2.24, 2.45) is 0 Å². The van der Waals surface area contributed by atoms with Crippen molar-refractivity contribution in [3.05, 3.63) is 34.2 Å². The van der Waals surface area contributed by atoms with Crippen LogP contribution in [0, 0.1) is 0 Å². The lowest BCUT2D eigenvalue weighted by atomic mass is 10.3. The third kappa shape index (κ3) is 3.35. The van der Waals surface area contributed by atoms with Gasteiger partial charge in [0.15, 0.2) is 9.84 Å². The second kappa shape index (κ2) is 4.89. The Kier molecular flexibility index (Phi) is 3.74. The zero-order valence-electron chi connectivity index (χ0n) is 9.58. The van der Waals surface area contributed by atoms with E-state index in [-0.39, 0.29) is 16.3 Å². The van der Waals surface area contributed by atoms with Crippen LogP contribution in [0.25, 0.3) is 0 Å². The molecule has 0 radical (unpaired) electrons. The first-order chi connectivity index (χ1) is 8.70. The fraction of sp³-hybridized carbons (Fsp3) is 0.200. The number of hydrogen-bond donors (Lipinski definition) is 2. The van der Waals surface area contributed by atoms with Gasteiger partial charge >= 0.3 is 0 Å². The molecule has 19 heavy (non-hydrogen) atoms. The van der Waals surface area contributed by atoms with Gasteiger partial charge in [-0.2, -0.15) is 0 Å². The minimum absolute atomic E-state index is 0.00843. The molecule has 104 valence electrons. The van der Waals surface area contributed by atoms with Crippen molar-refractivity contribution in [3.63, 3.8) is 0 Å². The average molecular weight is 367 g/mol. The summed E-state index contributed by atoms with van der Waals surface area (Å²) < 4.78 is 49.4. The van der Waals surface area contributed by atoms with Gasteiger partial charge in [0.25, 0.3) is 0 Å². The standard InChI is InChI=1S/C10H11BrN2O4S2/c11-9-2-1-8(5-10(9)12)19(16,17)13-7-3-4-18(14,15)6-7/h1-5,7,13H,6,12H2. The number of nitrogens with one attached hydrogen (secondary N) is 1. The molecular weight excluding hydrogens is 356 g/mol. The molecule has 6 nitrogen and oxygen atoms in total. The predicted molar refractivity (Wildman–Crippen MR) is 75.6 cm³/mol. The maximum Gasteiger partial charge on any atom is 0.241 e. The van der Waals surface area contributed by atoms with Crippen LogP contribution < -0.4 is 10.5 Å². The normalized spacial score (nSPS) is 21.6. The van der Waals surface area contributed by atoms with Crippen molar-refractivity contribution in [3.8, 4) is 0 Å². The first kappa shape index (κ1) is 14.5. The van der Waals surface area contributed by atoms with Gasteiger partial charge < -0.3 is 5.73 Å². The quantitative estimate of drug-likeness (QED) is 0.762. The molecule has 0 saturated carbocycles. The maximum atomic E-state index is 12.1. The van der Waals surface area contributed by atoms with Crippen LogP contribution in [0.1, 0.15) is 0 Å². The largest absolute Gasteiger partial charge is 0.398 e. The minimum Gasteiger partial charge on any atom is -0.398 e. The van der Waals surface area contributed by atoms with E-state index >= 15 is 0 Å². The molecule has 1 heterocycles. The SMILES string of the molecule is Nc1cc(S(=O)(=O)NC2C=CS(=O)(=O)C2)ccc1Br. The van der Waals surface area contributed by atoms with E-state index in [1.807, 2.05) is 0 Å². The fourth-order valence-electron chi connectivity index (χ4n) is 1.61. The lowest BCUT2D eigenvalue weighted by Crippen LogP contribution is -2.35. The van der Waals surface area contributed by atoms with E-state index in [2.05, 4.69) is 20.7 Å². The molecule has 1 aliphatic heterocycles. The second-order valence-corrected chi connectivity index (χ2v) is 8.57. The van der Waals surface area contributed by atoms with Crippen LogP contribution in [0.2, 0.25) is 0 Å². The van der Waals surface area contributed by atoms with Crippen LogP contribution in [0.3, 0.4) is 0 Å². The molecule has 2 rings (SSSR count). The van der Waals surface area contributed by atoms with Crippen molar-refractivity contribution >= 4 is 41.5 Å². The number of rotatable bonds is 3. The summed E-state index contributed by atoms with van der Waals surface area (Å²) in [5, 5.41) is 1.01. The lowest BCUT2D eigenvalue weighted by Gasteiger charge is -2.11. The Morgan fingerprint density at radius 3 is 2.58 bits per heavy atom. The van der Waals surface area contributed by atoms with Gasteiger partial charge in [0.1, 0.15) is 0 Å². The summed E-state index contributed by atoms with van der Waals surface area (Å²) in [4.78, 5) is -0.00843. The highest BCUT2D eigenvalue weighted by molar-refractivity contribution is 9.10. The predicted octanol–water partition coefficient (Wildman–Crippen LogP) is 0.620. The number of halogens is 1. The molecule has 1 unspecified atom stereocenters. The minimum atomic E-state index is -3.80. The Balaban J connectivity index is 2.24. The van der Waals surface area contributed by atoms with Gasteiger partial charge in [0, 0.05) is 15.6 Å². The topological polar surface area (TPSA) is 106 Å². The lowest BCUT2D eigenvalue weighted by molar-refractivity contribution is 0.575. The Bertz CT molecular complexity index is 741. The van der Waals surface area contributed by atoms with Crippen LogP contribution in [0.15, 0.2) is 39.1 Å². The Hall–Kier alpha value is -0.900. The Labute approximate surface area is 119 Å². The molecule has 1 aromatic rings. The maximum absolute atomic E-state index is 12.1. The second-order valence-electron chi connectivity index (χ2n) is 4.07. The summed E-state index contributed by atoms with van der Waals surface area (Å²) >= 11 is 3.17. The molecule has 0 spiro atoms. The molecule has 0 fully saturated rings. The summed E-state index contributed by atoms with van der Waals surface area (Å²) in [6.07, 6.45) is 1.31. The summed E-state index contributed by atoms with van der Waals surface area (Å²) in [5.74, 6) is -0.266. The molecular formula is C10H11BrN2O4S2. The van der Waals surface area contributed by atoms with E-state index in [1.54, 1.807) is 0 Å². The highest BCUT2D eigenvalue weighted by Crippen LogP contribution is 2.23. The first-order valence-electron chi connectivity index (χ1n) is 5.18. The van der Waals surface area contributed by atoms with Crippen LogP contribution in [0.5, 0.6) is 0 Å². The van der Waals surface area contributed by atoms with Gasteiger partial charge in [-0.15, -0.1) is 0 Å². The third-order valence-electron chi connectivity index (χ3n) is 2.51. The zero-order valence-corrected chi connectivity index (χ0v) is 12.8. The van der Waals surface area contributed by atoms with Gasteiger partial charge in [-0.3, -0.25) is 0 Å². The first-order valence-corrected chi connectivity index (χ1v) is 9.17. The van der Waals surface area contributed by atoms with Crippen LogP contribution >= 0.6 is 15.9 Å². The van der Waals surface area contributed by atoms with Crippen LogP contribution in [-0.4, -0.2) is 28.6 Å². The number of benzene rings is 1. The molecule has 0 aliphatic carbocycles. The van der Waals surface area contributed by atoms with E-state index in [4.69, 9.17) is 5.73 Å². The van der Waals surface area contributed by atoms with Gasteiger partial charge in [0.05, 0.1) is 16.7 Å². The fourth-order valence-corrected chi connectivity index (χ4v) is 4.42. The van der Waals surface area contributed by atoms with E-state index in [0.29, 0.717) is 4.47 Å². The number of hydrogen-bond acceptors (Lipinski definition) is 5. The van der Waals surface area contributed by atoms with E-state index in [1.165, 1.54) is 24.3 Å². The van der Waals surface area contributed by atoms with Crippen molar-refractivity contribution < 1.29 is 16.8 Å². The van der Waals surface area contributed by atoms with Crippen molar-refractivity contribution in [2.45, 2.75) is 10.9 Å². The Morgan fingerprint density at radius 1 is 1.37 bits per heavy atom. The summed E-state index contributed by atoms with van der Waals surface area (Å²) in [7, 11) is -7.10. The van der Waals surface area contributed by atoms with Crippen LogP contribution in [-0.2, 0) is 19.9 Å². The molecule has 1 aliphatic rings. The zero-order chi connectivity index (χ0) is 14.3. The van der Waals surface area contributed by atoms with Crippen molar-refractivity contribution in [1.29, 1.82) is 0 Å². The van der Waals surface area contributed by atoms with Gasteiger partial charge in [-0.1, -0.05) is 6.08 Å². The van der Waals surface area contributed by atoms with Crippen LogP contribution in [0.4, 0.5) is 5.69 Å². The average Bonchev–Trinajstić information content (AvgIpc) is 2.61. The van der Waals surface area contributed by atoms with Gasteiger partial charge in [-0.05, 0) is 34.1 Å². The highest BCUT2D eigenvalue weighted by Gasteiger charge is 2.26. The summed E-state index contributed by atoms with van der Waals surface area (Å²) in [5.41, 5.74) is 5.91. The van der Waals surface area contributed by atoms with E-state index in [0.717, 1.165) is 5.41 Å². The molecule has 1 aromatic carbocycles.